The maximum Gasteiger partial charge on any atom is 0.131 e. The third-order valence-electron chi connectivity index (χ3n) is 4.86. The first-order chi connectivity index (χ1) is 13.5. The maximum atomic E-state index is 15.0. The van der Waals surface area contributed by atoms with Crippen molar-refractivity contribution in [3.63, 3.8) is 0 Å². The SMILES string of the molecule is CCNc1cccc(-c2ccc(-c3cc(C)c4cc(P)ccc4n3)cc2F)c1. The second-order valence-corrected chi connectivity index (χ2v) is 7.57. The number of nitrogens with one attached hydrogen (secondary N) is 1. The molecule has 3 aromatic carbocycles. The van der Waals surface area contributed by atoms with E-state index in [1.807, 2.05) is 61.5 Å². The van der Waals surface area contributed by atoms with Crippen molar-refractivity contribution in [2.24, 2.45) is 0 Å². The Hall–Kier alpha value is -2.77. The van der Waals surface area contributed by atoms with Gasteiger partial charge in [-0.3, -0.25) is 0 Å². The lowest BCUT2D eigenvalue weighted by Crippen LogP contribution is -1.96. The number of anilines is 1. The first-order valence-electron chi connectivity index (χ1n) is 9.36. The quantitative estimate of drug-likeness (QED) is 0.437. The Morgan fingerprint density at radius 2 is 1.82 bits per heavy atom. The fourth-order valence-electron chi connectivity index (χ4n) is 3.47. The van der Waals surface area contributed by atoms with Crippen LogP contribution in [0.1, 0.15) is 12.5 Å². The Balaban J connectivity index is 1.75. The molecular weight excluding hydrogens is 366 g/mol. The molecule has 0 aliphatic carbocycles. The van der Waals surface area contributed by atoms with Gasteiger partial charge in [-0.1, -0.05) is 30.3 Å². The number of benzene rings is 3. The van der Waals surface area contributed by atoms with Gasteiger partial charge in [0.15, 0.2) is 0 Å². The number of halogens is 1. The Labute approximate surface area is 167 Å². The van der Waals surface area contributed by atoms with Gasteiger partial charge in [0.05, 0.1) is 11.2 Å². The van der Waals surface area contributed by atoms with Gasteiger partial charge in [-0.15, -0.1) is 9.24 Å². The van der Waals surface area contributed by atoms with Gasteiger partial charge in [0.1, 0.15) is 5.82 Å². The van der Waals surface area contributed by atoms with Crippen molar-refractivity contribution in [2.45, 2.75) is 13.8 Å². The van der Waals surface area contributed by atoms with Crippen LogP contribution in [0, 0.1) is 12.7 Å². The molecule has 2 nitrogen and oxygen atoms in total. The average molecular weight is 388 g/mol. The van der Waals surface area contributed by atoms with Crippen LogP contribution < -0.4 is 10.6 Å². The Morgan fingerprint density at radius 1 is 0.964 bits per heavy atom. The molecule has 28 heavy (non-hydrogen) atoms. The molecule has 1 unspecified atom stereocenters. The number of pyridine rings is 1. The molecule has 0 aliphatic heterocycles. The maximum absolute atomic E-state index is 15.0. The number of hydrogen-bond acceptors (Lipinski definition) is 2. The summed E-state index contributed by atoms with van der Waals surface area (Å²) in [6, 6.07) is 21.3. The number of aryl methyl sites for hydroxylation is 1. The fourth-order valence-corrected chi connectivity index (χ4v) is 3.73. The molecule has 0 aliphatic rings. The van der Waals surface area contributed by atoms with Crippen LogP contribution in [0.3, 0.4) is 0 Å². The normalized spacial score (nSPS) is 11.0. The molecule has 4 aromatic rings. The Morgan fingerprint density at radius 3 is 2.61 bits per heavy atom. The van der Waals surface area contributed by atoms with Gasteiger partial charge in [0.2, 0.25) is 0 Å². The summed E-state index contributed by atoms with van der Waals surface area (Å²) in [6.07, 6.45) is 0. The van der Waals surface area contributed by atoms with E-state index in [1.165, 1.54) is 0 Å². The van der Waals surface area contributed by atoms with Crippen molar-refractivity contribution in [1.82, 2.24) is 4.98 Å². The molecule has 4 rings (SSSR count). The molecule has 0 amide bonds. The van der Waals surface area contributed by atoms with E-state index >= 15 is 0 Å². The highest BCUT2D eigenvalue weighted by atomic mass is 31.0. The summed E-state index contributed by atoms with van der Waals surface area (Å²) in [5, 5.41) is 5.51. The number of rotatable bonds is 4. The molecule has 0 bridgehead atoms. The summed E-state index contributed by atoms with van der Waals surface area (Å²) in [4.78, 5) is 4.74. The molecule has 1 atom stereocenters. The summed E-state index contributed by atoms with van der Waals surface area (Å²) in [7, 11) is 2.71. The van der Waals surface area contributed by atoms with E-state index in [2.05, 4.69) is 27.5 Å². The van der Waals surface area contributed by atoms with E-state index < -0.39 is 0 Å². The predicted molar refractivity (Wildman–Crippen MR) is 121 cm³/mol. The monoisotopic (exact) mass is 388 g/mol. The average Bonchev–Trinajstić information content (AvgIpc) is 2.69. The fraction of sp³-hybridized carbons (Fsp3) is 0.125. The van der Waals surface area contributed by atoms with Crippen molar-refractivity contribution < 1.29 is 4.39 Å². The first kappa shape index (κ1) is 18.6. The zero-order valence-electron chi connectivity index (χ0n) is 16.0. The highest BCUT2D eigenvalue weighted by Gasteiger charge is 2.10. The van der Waals surface area contributed by atoms with Gasteiger partial charge in [0.25, 0.3) is 0 Å². The lowest BCUT2D eigenvalue weighted by molar-refractivity contribution is 0.632. The lowest BCUT2D eigenvalue weighted by atomic mass is 10.00. The minimum atomic E-state index is -0.244. The molecule has 0 radical (unpaired) electrons. The van der Waals surface area contributed by atoms with E-state index in [4.69, 9.17) is 4.98 Å². The predicted octanol–water partition coefficient (Wildman–Crippen LogP) is 5.95. The zero-order valence-corrected chi connectivity index (χ0v) is 17.1. The summed E-state index contributed by atoms with van der Waals surface area (Å²) < 4.78 is 15.0. The summed E-state index contributed by atoms with van der Waals surface area (Å²) in [5.74, 6) is -0.244. The number of hydrogen-bond donors (Lipinski definition) is 1. The first-order valence-corrected chi connectivity index (χ1v) is 9.94. The second-order valence-electron chi connectivity index (χ2n) is 6.91. The highest BCUT2D eigenvalue weighted by Crippen LogP contribution is 2.30. The minimum absolute atomic E-state index is 0.244. The molecule has 0 fully saturated rings. The molecule has 0 saturated heterocycles. The molecular formula is C24H22FN2P. The van der Waals surface area contributed by atoms with Gasteiger partial charge in [-0.05, 0) is 66.7 Å². The third-order valence-corrected chi connectivity index (χ3v) is 5.22. The van der Waals surface area contributed by atoms with E-state index in [1.54, 1.807) is 6.07 Å². The van der Waals surface area contributed by atoms with E-state index in [0.29, 0.717) is 5.56 Å². The Kier molecular flexibility index (Phi) is 5.11. The number of nitrogens with zero attached hydrogens (tertiary/aromatic N) is 1. The standard InChI is InChI=1S/C24H22FN2P/c1-3-26-18-6-4-5-16(12-18)20-9-7-17(13-22(20)25)24-11-15(2)21-14-19(28)8-10-23(21)27-24/h4-14,26H,3,28H2,1-2H3. The summed E-state index contributed by atoms with van der Waals surface area (Å²) in [5.41, 5.74) is 6.06. The van der Waals surface area contributed by atoms with Crippen molar-refractivity contribution in [1.29, 1.82) is 0 Å². The van der Waals surface area contributed by atoms with Crippen LogP contribution in [-0.4, -0.2) is 11.5 Å². The van der Waals surface area contributed by atoms with E-state index in [9.17, 15) is 4.39 Å². The van der Waals surface area contributed by atoms with Crippen molar-refractivity contribution in [2.75, 3.05) is 11.9 Å². The minimum Gasteiger partial charge on any atom is -0.385 e. The molecule has 0 spiro atoms. The van der Waals surface area contributed by atoms with Crippen LogP contribution >= 0.6 is 9.24 Å². The third kappa shape index (κ3) is 3.63. The van der Waals surface area contributed by atoms with Crippen LogP contribution in [-0.2, 0) is 0 Å². The molecule has 4 heteroatoms. The van der Waals surface area contributed by atoms with Gasteiger partial charge < -0.3 is 5.32 Å². The summed E-state index contributed by atoms with van der Waals surface area (Å²) in [6.45, 7) is 4.94. The van der Waals surface area contributed by atoms with Crippen LogP contribution in [0.5, 0.6) is 0 Å². The molecule has 1 heterocycles. The van der Waals surface area contributed by atoms with Gasteiger partial charge in [0, 0.05) is 28.7 Å². The molecule has 1 N–H and O–H groups in total. The topological polar surface area (TPSA) is 24.9 Å². The van der Waals surface area contributed by atoms with E-state index in [0.717, 1.165) is 50.8 Å². The number of fused-ring (bicyclic) bond motifs is 1. The smallest absolute Gasteiger partial charge is 0.131 e. The molecule has 0 saturated carbocycles. The van der Waals surface area contributed by atoms with Crippen LogP contribution in [0.4, 0.5) is 10.1 Å². The summed E-state index contributed by atoms with van der Waals surface area (Å²) >= 11 is 0. The van der Waals surface area contributed by atoms with Gasteiger partial charge >= 0.3 is 0 Å². The lowest BCUT2D eigenvalue weighted by Gasteiger charge is -2.11. The van der Waals surface area contributed by atoms with Crippen molar-refractivity contribution >= 4 is 31.1 Å². The highest BCUT2D eigenvalue weighted by molar-refractivity contribution is 7.27. The van der Waals surface area contributed by atoms with Crippen molar-refractivity contribution in [3.05, 3.63) is 78.1 Å². The molecule has 140 valence electrons. The zero-order chi connectivity index (χ0) is 19.7. The molecule has 1 aromatic heterocycles. The van der Waals surface area contributed by atoms with Crippen LogP contribution in [0.2, 0.25) is 0 Å². The van der Waals surface area contributed by atoms with Crippen LogP contribution in [0.15, 0.2) is 66.7 Å². The van der Waals surface area contributed by atoms with E-state index in [-0.39, 0.29) is 5.82 Å². The largest absolute Gasteiger partial charge is 0.385 e. The van der Waals surface area contributed by atoms with Crippen molar-refractivity contribution in [3.8, 4) is 22.4 Å². The Bertz CT molecular complexity index is 1170. The van der Waals surface area contributed by atoms with Gasteiger partial charge in [-0.2, -0.15) is 0 Å². The van der Waals surface area contributed by atoms with Crippen LogP contribution in [0.25, 0.3) is 33.3 Å². The van der Waals surface area contributed by atoms with Gasteiger partial charge in [-0.25, -0.2) is 9.37 Å². The number of aromatic nitrogens is 1. The second kappa shape index (κ2) is 7.69.